The minimum Gasteiger partial charge on any atom is -0.493 e. The Morgan fingerprint density at radius 2 is 2.07 bits per heavy atom. The Morgan fingerprint density at radius 1 is 1.30 bits per heavy atom. The summed E-state index contributed by atoms with van der Waals surface area (Å²) < 4.78 is 21.0. The second kappa shape index (κ2) is 8.09. The summed E-state index contributed by atoms with van der Waals surface area (Å²) >= 11 is 0. The van der Waals surface area contributed by atoms with Gasteiger partial charge in [-0.2, -0.15) is 0 Å². The molecule has 9 heteroatoms. The molecule has 1 aliphatic heterocycles. The van der Waals surface area contributed by atoms with Crippen LogP contribution in [-0.2, 0) is 20.9 Å². The van der Waals surface area contributed by atoms with Crippen LogP contribution < -0.4 is 20.1 Å². The maximum absolute atomic E-state index is 12.6. The summed E-state index contributed by atoms with van der Waals surface area (Å²) in [5.41, 5.74) is 1.27. The monoisotopic (exact) mass is 375 g/mol. The van der Waals surface area contributed by atoms with E-state index >= 15 is 0 Å². The Labute approximate surface area is 155 Å². The maximum atomic E-state index is 12.6. The van der Waals surface area contributed by atoms with Crippen LogP contribution in [0, 0.1) is 6.92 Å². The van der Waals surface area contributed by atoms with E-state index in [0.717, 1.165) is 0 Å². The number of hydrogen-bond acceptors (Lipinski definition) is 7. The van der Waals surface area contributed by atoms with Crippen LogP contribution in [0.2, 0.25) is 0 Å². The first-order valence-corrected chi connectivity index (χ1v) is 8.34. The third-order valence-corrected chi connectivity index (χ3v) is 4.16. The van der Waals surface area contributed by atoms with Gasteiger partial charge in [0.15, 0.2) is 17.6 Å². The number of morpholine rings is 1. The number of carbonyl (C=O) groups excluding carboxylic acids is 2. The lowest BCUT2D eigenvalue weighted by atomic mass is 9.98. The fourth-order valence-electron chi connectivity index (χ4n) is 2.86. The van der Waals surface area contributed by atoms with Crippen LogP contribution in [0.5, 0.6) is 11.5 Å². The first-order chi connectivity index (χ1) is 13.0. The van der Waals surface area contributed by atoms with Crippen molar-refractivity contribution in [2.75, 3.05) is 20.8 Å². The van der Waals surface area contributed by atoms with Crippen molar-refractivity contribution < 1.29 is 28.3 Å². The molecule has 1 aromatic carbocycles. The Hall–Kier alpha value is -3.07. The van der Waals surface area contributed by atoms with Crippen LogP contribution in [0.1, 0.15) is 23.1 Å². The summed E-state index contributed by atoms with van der Waals surface area (Å²) in [7, 11) is 3.05. The molecule has 3 rings (SSSR count). The molecule has 2 heterocycles. The van der Waals surface area contributed by atoms with Crippen molar-refractivity contribution in [3.63, 3.8) is 0 Å². The molecule has 1 aliphatic rings. The zero-order valence-corrected chi connectivity index (χ0v) is 15.3. The lowest BCUT2D eigenvalue weighted by Gasteiger charge is -2.32. The zero-order chi connectivity index (χ0) is 19.4. The van der Waals surface area contributed by atoms with Crippen LogP contribution in [-0.4, -0.2) is 43.9 Å². The predicted molar refractivity (Wildman–Crippen MR) is 93.3 cm³/mol. The molecule has 9 nitrogen and oxygen atoms in total. The van der Waals surface area contributed by atoms with Gasteiger partial charge in [0, 0.05) is 6.07 Å². The SMILES string of the molecule is COc1ccc([C@H]2NC(=O)CO[C@@H]2C(=O)NCc2cc(C)on2)cc1OC. The summed E-state index contributed by atoms with van der Waals surface area (Å²) in [4.78, 5) is 24.5. The van der Waals surface area contributed by atoms with E-state index < -0.39 is 12.1 Å². The van der Waals surface area contributed by atoms with Crippen molar-refractivity contribution in [2.45, 2.75) is 25.6 Å². The molecular formula is C18H21N3O6. The number of amides is 2. The second-order valence-corrected chi connectivity index (χ2v) is 6.04. The number of ether oxygens (including phenoxy) is 3. The van der Waals surface area contributed by atoms with Crippen LogP contribution in [0.4, 0.5) is 0 Å². The summed E-state index contributed by atoms with van der Waals surface area (Å²) in [6.07, 6.45) is -0.895. The Kier molecular flexibility index (Phi) is 5.60. The molecule has 144 valence electrons. The highest BCUT2D eigenvalue weighted by molar-refractivity contribution is 5.86. The Balaban J connectivity index is 1.78. The van der Waals surface area contributed by atoms with Crippen molar-refractivity contribution in [1.82, 2.24) is 15.8 Å². The molecule has 0 bridgehead atoms. The van der Waals surface area contributed by atoms with E-state index in [1.165, 1.54) is 14.2 Å². The minimum absolute atomic E-state index is 0.190. The second-order valence-electron chi connectivity index (χ2n) is 6.04. The molecule has 0 unspecified atom stereocenters. The summed E-state index contributed by atoms with van der Waals surface area (Å²) in [5.74, 6) is 1.03. The number of hydrogen-bond donors (Lipinski definition) is 2. The topological polar surface area (TPSA) is 112 Å². The lowest BCUT2D eigenvalue weighted by Crippen LogP contribution is -2.52. The number of aromatic nitrogens is 1. The molecule has 0 saturated carbocycles. The maximum Gasteiger partial charge on any atom is 0.251 e. The van der Waals surface area contributed by atoms with Gasteiger partial charge in [0.25, 0.3) is 5.91 Å². The molecule has 1 fully saturated rings. The summed E-state index contributed by atoms with van der Waals surface area (Å²) in [5, 5.41) is 9.39. The van der Waals surface area contributed by atoms with E-state index in [4.69, 9.17) is 18.7 Å². The van der Waals surface area contributed by atoms with Gasteiger partial charge in [-0.15, -0.1) is 0 Å². The predicted octanol–water partition coefficient (Wildman–Crippen LogP) is 0.873. The van der Waals surface area contributed by atoms with Crippen molar-refractivity contribution in [3.8, 4) is 11.5 Å². The third kappa shape index (κ3) is 4.20. The van der Waals surface area contributed by atoms with E-state index in [-0.39, 0.29) is 25.0 Å². The number of nitrogens with one attached hydrogen (secondary N) is 2. The van der Waals surface area contributed by atoms with E-state index in [2.05, 4.69) is 15.8 Å². The van der Waals surface area contributed by atoms with Gasteiger partial charge in [-0.25, -0.2) is 0 Å². The molecule has 0 radical (unpaired) electrons. The Morgan fingerprint density at radius 3 is 2.74 bits per heavy atom. The van der Waals surface area contributed by atoms with E-state index in [0.29, 0.717) is 28.5 Å². The van der Waals surface area contributed by atoms with Gasteiger partial charge < -0.3 is 29.4 Å². The number of nitrogens with zero attached hydrogens (tertiary/aromatic N) is 1. The molecule has 2 aromatic rings. The molecular weight excluding hydrogens is 354 g/mol. The number of rotatable bonds is 6. The van der Waals surface area contributed by atoms with Crippen molar-refractivity contribution >= 4 is 11.8 Å². The van der Waals surface area contributed by atoms with E-state index in [1.54, 1.807) is 31.2 Å². The van der Waals surface area contributed by atoms with E-state index in [9.17, 15) is 9.59 Å². The highest BCUT2D eigenvalue weighted by atomic mass is 16.5. The average molecular weight is 375 g/mol. The quantitative estimate of drug-likeness (QED) is 0.770. The van der Waals surface area contributed by atoms with Crippen molar-refractivity contribution in [2.24, 2.45) is 0 Å². The molecule has 27 heavy (non-hydrogen) atoms. The highest BCUT2D eigenvalue weighted by Gasteiger charge is 2.36. The minimum atomic E-state index is -0.895. The van der Waals surface area contributed by atoms with Gasteiger partial charge in [0.05, 0.1) is 26.8 Å². The summed E-state index contributed by atoms with van der Waals surface area (Å²) in [6.45, 7) is 1.78. The fraction of sp³-hybridized carbons (Fsp3) is 0.389. The third-order valence-electron chi connectivity index (χ3n) is 4.16. The number of carbonyl (C=O) groups is 2. The van der Waals surface area contributed by atoms with Crippen molar-refractivity contribution in [1.29, 1.82) is 0 Å². The van der Waals surface area contributed by atoms with Crippen LogP contribution in [0.15, 0.2) is 28.8 Å². The van der Waals surface area contributed by atoms with Crippen LogP contribution in [0.25, 0.3) is 0 Å². The molecule has 0 aliphatic carbocycles. The van der Waals surface area contributed by atoms with Gasteiger partial charge in [0.2, 0.25) is 5.91 Å². The van der Waals surface area contributed by atoms with Gasteiger partial charge in [-0.3, -0.25) is 9.59 Å². The number of methoxy groups -OCH3 is 2. The zero-order valence-electron chi connectivity index (χ0n) is 15.3. The van der Waals surface area contributed by atoms with Crippen LogP contribution >= 0.6 is 0 Å². The van der Waals surface area contributed by atoms with Crippen molar-refractivity contribution in [3.05, 3.63) is 41.3 Å². The van der Waals surface area contributed by atoms with Gasteiger partial charge in [-0.1, -0.05) is 11.2 Å². The fourth-order valence-corrected chi connectivity index (χ4v) is 2.86. The first-order valence-electron chi connectivity index (χ1n) is 8.34. The van der Waals surface area contributed by atoms with E-state index in [1.807, 2.05) is 0 Å². The number of benzene rings is 1. The lowest BCUT2D eigenvalue weighted by molar-refractivity contribution is -0.148. The molecule has 2 N–H and O–H groups in total. The molecule has 2 amide bonds. The van der Waals surface area contributed by atoms with Gasteiger partial charge in [0.1, 0.15) is 18.1 Å². The molecule has 0 spiro atoms. The average Bonchev–Trinajstić information content (AvgIpc) is 3.10. The van der Waals surface area contributed by atoms with Gasteiger partial charge in [-0.05, 0) is 24.6 Å². The molecule has 2 atom stereocenters. The Bertz CT molecular complexity index is 834. The number of aryl methyl sites for hydroxylation is 1. The highest BCUT2D eigenvalue weighted by Crippen LogP contribution is 2.32. The molecule has 1 saturated heterocycles. The van der Waals surface area contributed by atoms with Crippen LogP contribution in [0.3, 0.4) is 0 Å². The van der Waals surface area contributed by atoms with Gasteiger partial charge >= 0.3 is 0 Å². The standard InChI is InChI=1S/C18H21N3O6/c1-10-6-12(21-27-10)8-19-18(23)17-16(20-15(22)9-26-17)11-4-5-13(24-2)14(7-11)25-3/h4-7,16-17H,8-9H2,1-3H3,(H,19,23)(H,20,22)/t16-,17+/m1/s1. The summed E-state index contributed by atoms with van der Waals surface area (Å²) in [6, 6.07) is 6.24. The smallest absolute Gasteiger partial charge is 0.251 e. The molecule has 1 aromatic heterocycles. The first kappa shape index (κ1) is 18.7. The normalized spacial score (nSPS) is 19.3. The largest absolute Gasteiger partial charge is 0.493 e.